The highest BCUT2D eigenvalue weighted by Crippen LogP contribution is 2.33. The number of nitrogens with one attached hydrogen (secondary N) is 2. The van der Waals surface area contributed by atoms with Gasteiger partial charge in [-0.25, -0.2) is 4.79 Å². The number of imidazole rings is 1. The molecular formula is C21H31ClN4O2. The predicted molar refractivity (Wildman–Crippen MR) is 115 cm³/mol. The number of nitrogens with zero attached hydrogens (tertiary/aromatic N) is 2. The van der Waals surface area contributed by atoms with Gasteiger partial charge in [-0.3, -0.25) is 13.9 Å². The maximum atomic E-state index is 13.3. The van der Waals surface area contributed by atoms with Gasteiger partial charge in [0.05, 0.1) is 11.0 Å². The van der Waals surface area contributed by atoms with E-state index in [2.05, 4.69) is 10.6 Å². The van der Waals surface area contributed by atoms with Crippen LogP contribution in [0, 0.1) is 5.92 Å². The Balaban J connectivity index is 0.00000225. The second kappa shape index (κ2) is 9.14. The first kappa shape index (κ1) is 20.9. The average molecular weight is 407 g/mol. The molecule has 2 aliphatic rings. The molecule has 0 saturated heterocycles. The standard InChI is InChI=1S/C21H30N4O2.ClH/c1-22-11-12-23-20(26)16-9-10-18-19(13-16)24(14-15-7-8-15)21(27)25(18)17-5-3-2-4-6-17;/h9-10,13,15,17,22H,2-8,11-12,14H2,1H3,(H,23,26);1H. The largest absolute Gasteiger partial charge is 0.351 e. The number of halogens is 1. The van der Waals surface area contributed by atoms with Crippen LogP contribution in [-0.4, -0.2) is 35.2 Å². The summed E-state index contributed by atoms with van der Waals surface area (Å²) in [5.74, 6) is 0.532. The van der Waals surface area contributed by atoms with Crippen molar-refractivity contribution in [3.05, 3.63) is 34.2 Å². The van der Waals surface area contributed by atoms with Gasteiger partial charge in [0, 0.05) is 31.2 Å². The first-order chi connectivity index (χ1) is 13.2. The number of rotatable bonds is 7. The third-order valence-electron chi connectivity index (χ3n) is 5.96. The summed E-state index contributed by atoms with van der Waals surface area (Å²) in [5.41, 5.74) is 2.64. The van der Waals surface area contributed by atoms with Crippen LogP contribution >= 0.6 is 12.4 Å². The van der Waals surface area contributed by atoms with Crippen molar-refractivity contribution in [1.29, 1.82) is 0 Å². The number of aromatic nitrogens is 2. The topological polar surface area (TPSA) is 68.1 Å². The van der Waals surface area contributed by atoms with Crippen LogP contribution in [0.1, 0.15) is 61.3 Å². The first-order valence-electron chi connectivity index (χ1n) is 10.4. The van der Waals surface area contributed by atoms with E-state index in [0.29, 0.717) is 24.1 Å². The predicted octanol–water partition coefficient (Wildman–Crippen LogP) is 3.09. The van der Waals surface area contributed by atoms with E-state index < -0.39 is 0 Å². The highest BCUT2D eigenvalue weighted by molar-refractivity contribution is 5.97. The normalized spacial score (nSPS) is 17.5. The van der Waals surface area contributed by atoms with Crippen molar-refractivity contribution in [1.82, 2.24) is 19.8 Å². The Bertz CT molecular complexity index is 878. The van der Waals surface area contributed by atoms with Gasteiger partial charge in [-0.2, -0.15) is 0 Å². The number of amides is 1. The second-order valence-corrected chi connectivity index (χ2v) is 8.06. The molecule has 2 fully saturated rings. The molecule has 2 N–H and O–H groups in total. The van der Waals surface area contributed by atoms with Gasteiger partial charge in [0.1, 0.15) is 0 Å². The Morgan fingerprint density at radius 1 is 1.07 bits per heavy atom. The zero-order valence-electron chi connectivity index (χ0n) is 16.6. The minimum absolute atomic E-state index is 0. The van der Waals surface area contributed by atoms with Gasteiger partial charge in [0.25, 0.3) is 5.91 Å². The van der Waals surface area contributed by atoms with Crippen LogP contribution < -0.4 is 16.3 Å². The maximum Gasteiger partial charge on any atom is 0.329 e. The summed E-state index contributed by atoms with van der Waals surface area (Å²) in [7, 11) is 1.86. The number of hydrogen-bond donors (Lipinski definition) is 2. The lowest BCUT2D eigenvalue weighted by molar-refractivity contribution is 0.0954. The molecule has 154 valence electrons. The third-order valence-corrected chi connectivity index (χ3v) is 5.96. The van der Waals surface area contributed by atoms with Crippen LogP contribution in [0.2, 0.25) is 0 Å². The molecule has 2 saturated carbocycles. The molecule has 4 rings (SSSR count). The number of hydrogen-bond acceptors (Lipinski definition) is 3. The van der Waals surface area contributed by atoms with Crippen LogP contribution in [0.5, 0.6) is 0 Å². The SMILES string of the molecule is CNCCNC(=O)c1ccc2c(c1)n(CC1CC1)c(=O)n2C1CCCCC1.Cl. The molecular weight excluding hydrogens is 376 g/mol. The van der Waals surface area contributed by atoms with E-state index in [0.717, 1.165) is 37.0 Å². The molecule has 6 nitrogen and oxygen atoms in total. The van der Waals surface area contributed by atoms with Crippen molar-refractivity contribution in [2.75, 3.05) is 20.1 Å². The van der Waals surface area contributed by atoms with Crippen molar-refractivity contribution in [3.8, 4) is 0 Å². The van der Waals surface area contributed by atoms with Crippen molar-refractivity contribution in [2.45, 2.75) is 57.5 Å². The minimum Gasteiger partial charge on any atom is -0.351 e. The first-order valence-corrected chi connectivity index (χ1v) is 10.4. The molecule has 0 radical (unpaired) electrons. The molecule has 1 aromatic carbocycles. The van der Waals surface area contributed by atoms with Crippen LogP contribution in [0.25, 0.3) is 11.0 Å². The molecule has 1 amide bonds. The zero-order valence-corrected chi connectivity index (χ0v) is 17.4. The Labute approximate surface area is 172 Å². The Kier molecular flexibility index (Phi) is 6.83. The Morgan fingerprint density at radius 3 is 2.50 bits per heavy atom. The quantitative estimate of drug-likeness (QED) is 0.694. The van der Waals surface area contributed by atoms with Gasteiger partial charge < -0.3 is 10.6 Å². The van der Waals surface area contributed by atoms with E-state index in [-0.39, 0.29) is 24.0 Å². The van der Waals surface area contributed by atoms with E-state index in [1.165, 1.54) is 32.1 Å². The third kappa shape index (κ3) is 4.28. The fraction of sp³-hybridized carbons (Fsp3) is 0.619. The molecule has 2 aliphatic carbocycles. The van der Waals surface area contributed by atoms with Gasteiger partial charge >= 0.3 is 5.69 Å². The molecule has 28 heavy (non-hydrogen) atoms. The van der Waals surface area contributed by atoms with Gasteiger partial charge in [0.15, 0.2) is 0 Å². The Hall–Kier alpha value is -1.79. The minimum atomic E-state index is -0.0806. The van der Waals surface area contributed by atoms with Gasteiger partial charge in [-0.05, 0) is 56.8 Å². The van der Waals surface area contributed by atoms with Crippen molar-refractivity contribution in [3.63, 3.8) is 0 Å². The molecule has 0 atom stereocenters. The monoisotopic (exact) mass is 406 g/mol. The average Bonchev–Trinajstić information content (AvgIpc) is 3.47. The summed E-state index contributed by atoms with van der Waals surface area (Å²) in [5, 5.41) is 5.95. The molecule has 7 heteroatoms. The molecule has 2 aromatic rings. The lowest BCUT2D eigenvalue weighted by atomic mass is 9.95. The van der Waals surface area contributed by atoms with Crippen molar-refractivity contribution < 1.29 is 4.79 Å². The fourth-order valence-electron chi connectivity index (χ4n) is 4.25. The highest BCUT2D eigenvalue weighted by Gasteiger charge is 2.27. The highest BCUT2D eigenvalue weighted by atomic mass is 35.5. The molecule has 0 spiro atoms. The second-order valence-electron chi connectivity index (χ2n) is 8.06. The molecule has 0 bridgehead atoms. The lowest BCUT2D eigenvalue weighted by Crippen LogP contribution is -2.30. The van der Waals surface area contributed by atoms with Gasteiger partial charge in [0.2, 0.25) is 0 Å². The molecule has 0 unspecified atom stereocenters. The molecule has 1 heterocycles. The Morgan fingerprint density at radius 2 is 1.82 bits per heavy atom. The van der Waals surface area contributed by atoms with E-state index >= 15 is 0 Å². The number of carbonyl (C=O) groups excluding carboxylic acids is 1. The summed E-state index contributed by atoms with van der Waals surface area (Å²) >= 11 is 0. The molecule has 1 aromatic heterocycles. The van der Waals surface area contributed by atoms with Crippen LogP contribution in [0.3, 0.4) is 0 Å². The lowest BCUT2D eigenvalue weighted by Gasteiger charge is -2.23. The number of likely N-dealkylation sites (N-methyl/N-ethyl adjacent to an activating group) is 1. The van der Waals surface area contributed by atoms with Gasteiger partial charge in [-0.15, -0.1) is 12.4 Å². The van der Waals surface area contributed by atoms with Crippen LogP contribution in [0.4, 0.5) is 0 Å². The van der Waals surface area contributed by atoms with E-state index in [1.54, 1.807) is 0 Å². The summed E-state index contributed by atoms with van der Waals surface area (Å²) < 4.78 is 3.94. The van der Waals surface area contributed by atoms with Gasteiger partial charge in [-0.1, -0.05) is 19.3 Å². The van der Waals surface area contributed by atoms with E-state index in [4.69, 9.17) is 0 Å². The van der Waals surface area contributed by atoms with Crippen molar-refractivity contribution >= 4 is 29.3 Å². The maximum absolute atomic E-state index is 13.3. The smallest absolute Gasteiger partial charge is 0.329 e. The summed E-state index contributed by atoms with van der Waals surface area (Å²) in [4.78, 5) is 25.7. The summed E-state index contributed by atoms with van der Waals surface area (Å²) in [6.07, 6.45) is 8.21. The van der Waals surface area contributed by atoms with Crippen LogP contribution in [0.15, 0.2) is 23.0 Å². The number of benzene rings is 1. The van der Waals surface area contributed by atoms with E-state index in [1.807, 2.05) is 34.4 Å². The summed E-state index contributed by atoms with van der Waals surface area (Å²) in [6.45, 7) is 2.10. The molecule has 0 aliphatic heterocycles. The summed E-state index contributed by atoms with van der Waals surface area (Å²) in [6, 6.07) is 6.04. The zero-order chi connectivity index (χ0) is 18.8. The number of fused-ring (bicyclic) bond motifs is 1. The van der Waals surface area contributed by atoms with Crippen molar-refractivity contribution in [2.24, 2.45) is 5.92 Å². The fourth-order valence-corrected chi connectivity index (χ4v) is 4.25. The van der Waals surface area contributed by atoms with Crippen LogP contribution in [-0.2, 0) is 6.54 Å². The number of carbonyl (C=O) groups is 1. The van der Waals surface area contributed by atoms with E-state index in [9.17, 15) is 9.59 Å².